The lowest BCUT2D eigenvalue weighted by atomic mass is 9.89. The van der Waals surface area contributed by atoms with Gasteiger partial charge in [-0.25, -0.2) is 0 Å². The van der Waals surface area contributed by atoms with Crippen LogP contribution < -0.4 is 0 Å². The van der Waals surface area contributed by atoms with Crippen LogP contribution in [0.3, 0.4) is 0 Å². The molecule has 0 unspecified atom stereocenters. The first-order valence-electron chi connectivity index (χ1n) is 7.76. The summed E-state index contributed by atoms with van der Waals surface area (Å²) in [5.74, 6) is 0.991. The van der Waals surface area contributed by atoms with Gasteiger partial charge in [0.2, 0.25) is 5.91 Å². The molecule has 0 radical (unpaired) electrons. The molecule has 0 aliphatic carbocycles. The highest BCUT2D eigenvalue weighted by Gasteiger charge is 2.23. The number of carbonyl (C=O) groups excluding carboxylic acids is 1. The van der Waals surface area contributed by atoms with E-state index in [4.69, 9.17) is 0 Å². The van der Waals surface area contributed by atoms with Crippen LogP contribution in [-0.4, -0.2) is 38.8 Å². The van der Waals surface area contributed by atoms with Gasteiger partial charge >= 0.3 is 0 Å². The summed E-state index contributed by atoms with van der Waals surface area (Å²) in [6.45, 7) is 2.26. The van der Waals surface area contributed by atoms with Crippen LogP contribution in [0.5, 0.6) is 5.75 Å². The fourth-order valence-corrected chi connectivity index (χ4v) is 3.01. The number of hydrogen-bond donors (Lipinski definition) is 1. The zero-order chi connectivity index (χ0) is 15.4. The molecule has 1 aliphatic rings. The molecular formula is C17H21N3O2. The number of benzene rings is 1. The van der Waals surface area contributed by atoms with Gasteiger partial charge in [0, 0.05) is 38.4 Å². The molecule has 1 aromatic carbocycles. The zero-order valence-electron chi connectivity index (χ0n) is 12.6. The van der Waals surface area contributed by atoms with Crippen LogP contribution in [-0.2, 0) is 11.3 Å². The second-order valence-electron chi connectivity index (χ2n) is 5.77. The third-order valence-corrected chi connectivity index (χ3v) is 4.33. The normalized spacial score (nSPS) is 15.9. The molecule has 0 atom stereocenters. The van der Waals surface area contributed by atoms with Gasteiger partial charge in [-0.2, -0.15) is 5.10 Å². The van der Waals surface area contributed by atoms with Gasteiger partial charge in [0.25, 0.3) is 0 Å². The summed E-state index contributed by atoms with van der Waals surface area (Å²) in [5, 5.41) is 13.5. The smallest absolute Gasteiger partial charge is 0.224 e. The minimum Gasteiger partial charge on any atom is -0.508 e. The van der Waals surface area contributed by atoms with Crippen LogP contribution in [0.2, 0.25) is 0 Å². The van der Waals surface area contributed by atoms with E-state index in [2.05, 4.69) is 5.10 Å². The summed E-state index contributed by atoms with van der Waals surface area (Å²) < 4.78 is 1.79. The second kappa shape index (κ2) is 6.64. The minimum absolute atomic E-state index is 0.208. The third-order valence-electron chi connectivity index (χ3n) is 4.33. The summed E-state index contributed by atoms with van der Waals surface area (Å²) in [4.78, 5) is 14.2. The highest BCUT2D eigenvalue weighted by molar-refractivity contribution is 5.76. The van der Waals surface area contributed by atoms with Crippen molar-refractivity contribution < 1.29 is 9.90 Å². The van der Waals surface area contributed by atoms with Crippen LogP contribution >= 0.6 is 0 Å². The Morgan fingerprint density at radius 2 is 1.95 bits per heavy atom. The lowest BCUT2D eigenvalue weighted by Crippen LogP contribution is -2.38. The van der Waals surface area contributed by atoms with Crippen molar-refractivity contribution >= 4 is 5.91 Å². The van der Waals surface area contributed by atoms with Gasteiger partial charge in [-0.15, -0.1) is 0 Å². The summed E-state index contributed by atoms with van der Waals surface area (Å²) in [5.41, 5.74) is 1.25. The number of hydrogen-bond acceptors (Lipinski definition) is 3. The molecule has 3 rings (SSSR count). The number of amides is 1. The Kier molecular flexibility index (Phi) is 4.42. The first-order chi connectivity index (χ1) is 10.7. The van der Waals surface area contributed by atoms with Gasteiger partial charge in [0.05, 0.1) is 0 Å². The number of piperidine rings is 1. The zero-order valence-corrected chi connectivity index (χ0v) is 12.6. The third kappa shape index (κ3) is 3.47. The van der Waals surface area contributed by atoms with E-state index >= 15 is 0 Å². The van der Waals surface area contributed by atoms with Crippen molar-refractivity contribution in [1.82, 2.24) is 14.7 Å². The standard InChI is InChI=1S/C17H21N3O2/c21-16-4-2-14(3-5-16)15-6-11-19(12-7-15)17(22)8-13-20-10-1-9-18-20/h1-5,9-10,15,21H,6-8,11-13H2. The first-order valence-corrected chi connectivity index (χ1v) is 7.76. The number of phenolic OH excluding ortho intramolecular Hbond substituents is 1. The summed E-state index contributed by atoms with van der Waals surface area (Å²) in [7, 11) is 0. The molecule has 2 heterocycles. The number of likely N-dealkylation sites (tertiary alicyclic amines) is 1. The van der Waals surface area contributed by atoms with E-state index in [1.54, 1.807) is 23.0 Å². The molecule has 0 bridgehead atoms. The van der Waals surface area contributed by atoms with Crippen molar-refractivity contribution in [2.24, 2.45) is 0 Å². The van der Waals surface area contributed by atoms with Crippen molar-refractivity contribution in [3.05, 3.63) is 48.3 Å². The Morgan fingerprint density at radius 1 is 1.23 bits per heavy atom. The van der Waals surface area contributed by atoms with Crippen LogP contribution in [0.25, 0.3) is 0 Å². The van der Waals surface area contributed by atoms with Crippen molar-refractivity contribution in [2.75, 3.05) is 13.1 Å². The minimum atomic E-state index is 0.208. The monoisotopic (exact) mass is 299 g/mol. The number of rotatable bonds is 4. The Bertz CT molecular complexity index is 599. The van der Waals surface area contributed by atoms with E-state index in [0.717, 1.165) is 25.9 Å². The second-order valence-corrected chi connectivity index (χ2v) is 5.77. The van der Waals surface area contributed by atoms with Crippen molar-refractivity contribution in [1.29, 1.82) is 0 Å². The molecule has 0 spiro atoms. The predicted molar refractivity (Wildman–Crippen MR) is 83.5 cm³/mol. The number of nitrogens with zero attached hydrogens (tertiary/aromatic N) is 3. The molecule has 5 nitrogen and oxygen atoms in total. The SMILES string of the molecule is O=C(CCn1cccn1)N1CCC(c2ccc(O)cc2)CC1. The molecule has 1 fully saturated rings. The summed E-state index contributed by atoms with van der Waals surface area (Å²) in [6.07, 6.45) is 6.08. The van der Waals surface area contributed by atoms with E-state index in [1.165, 1.54) is 5.56 Å². The molecule has 5 heteroatoms. The van der Waals surface area contributed by atoms with E-state index < -0.39 is 0 Å². The van der Waals surface area contributed by atoms with Gasteiger partial charge in [-0.05, 0) is 42.5 Å². The van der Waals surface area contributed by atoms with E-state index in [1.807, 2.05) is 29.3 Å². The van der Waals surface area contributed by atoms with Gasteiger partial charge < -0.3 is 10.0 Å². The molecular weight excluding hydrogens is 278 g/mol. The molecule has 1 saturated heterocycles. The van der Waals surface area contributed by atoms with Gasteiger partial charge in [-0.3, -0.25) is 9.48 Å². The Hall–Kier alpha value is -2.30. The molecule has 116 valence electrons. The maximum Gasteiger partial charge on any atom is 0.224 e. The Balaban J connectivity index is 1.48. The molecule has 1 amide bonds. The van der Waals surface area contributed by atoms with E-state index in [0.29, 0.717) is 24.6 Å². The topological polar surface area (TPSA) is 58.4 Å². The van der Waals surface area contributed by atoms with Crippen molar-refractivity contribution in [3.63, 3.8) is 0 Å². The summed E-state index contributed by atoms with van der Waals surface area (Å²) >= 11 is 0. The quantitative estimate of drug-likeness (QED) is 0.943. The maximum atomic E-state index is 12.2. The van der Waals surface area contributed by atoms with Crippen LogP contribution in [0.4, 0.5) is 0 Å². The molecule has 1 N–H and O–H groups in total. The molecule has 2 aromatic rings. The van der Waals surface area contributed by atoms with Crippen LogP contribution in [0, 0.1) is 0 Å². The van der Waals surface area contributed by atoms with E-state index in [9.17, 15) is 9.90 Å². The maximum absolute atomic E-state index is 12.2. The lowest BCUT2D eigenvalue weighted by molar-refractivity contribution is -0.132. The average Bonchev–Trinajstić information content (AvgIpc) is 3.07. The Morgan fingerprint density at radius 3 is 2.59 bits per heavy atom. The van der Waals surface area contributed by atoms with Crippen molar-refractivity contribution in [2.45, 2.75) is 31.7 Å². The largest absolute Gasteiger partial charge is 0.508 e. The fraction of sp³-hybridized carbons (Fsp3) is 0.412. The van der Waals surface area contributed by atoms with Crippen molar-refractivity contribution in [3.8, 4) is 5.75 Å². The number of phenols is 1. The molecule has 22 heavy (non-hydrogen) atoms. The number of carbonyl (C=O) groups is 1. The highest BCUT2D eigenvalue weighted by atomic mass is 16.3. The Labute approximate surface area is 130 Å². The van der Waals surface area contributed by atoms with Gasteiger partial charge in [0.15, 0.2) is 0 Å². The fourth-order valence-electron chi connectivity index (χ4n) is 3.01. The van der Waals surface area contributed by atoms with Crippen LogP contribution in [0.15, 0.2) is 42.7 Å². The lowest BCUT2D eigenvalue weighted by Gasteiger charge is -2.32. The predicted octanol–water partition coefficient (Wildman–Crippen LogP) is 2.39. The average molecular weight is 299 g/mol. The van der Waals surface area contributed by atoms with Gasteiger partial charge in [-0.1, -0.05) is 12.1 Å². The molecule has 1 aliphatic heterocycles. The number of aromatic hydroxyl groups is 1. The van der Waals surface area contributed by atoms with Crippen LogP contribution in [0.1, 0.15) is 30.7 Å². The number of aryl methyl sites for hydroxylation is 1. The highest BCUT2D eigenvalue weighted by Crippen LogP contribution is 2.29. The van der Waals surface area contributed by atoms with Gasteiger partial charge in [0.1, 0.15) is 5.75 Å². The molecule has 1 aromatic heterocycles. The summed E-state index contributed by atoms with van der Waals surface area (Å²) in [6, 6.07) is 9.30. The van der Waals surface area contributed by atoms with E-state index in [-0.39, 0.29) is 5.91 Å². The molecule has 0 saturated carbocycles. The first kappa shape index (κ1) is 14.6. The number of aromatic nitrogens is 2.